The van der Waals surface area contributed by atoms with Crippen molar-refractivity contribution < 1.29 is 9.13 Å². The van der Waals surface area contributed by atoms with E-state index in [1.165, 1.54) is 19.2 Å². The van der Waals surface area contributed by atoms with E-state index in [2.05, 4.69) is 27.0 Å². The second-order valence-corrected chi connectivity index (χ2v) is 6.42. The van der Waals surface area contributed by atoms with Crippen molar-refractivity contribution in [3.63, 3.8) is 0 Å². The van der Waals surface area contributed by atoms with Crippen LogP contribution >= 0.6 is 0 Å². The van der Waals surface area contributed by atoms with Crippen molar-refractivity contribution in [3.8, 4) is 17.0 Å². The maximum Gasteiger partial charge on any atom is 0.128 e. The van der Waals surface area contributed by atoms with Crippen LogP contribution in [0, 0.1) is 5.82 Å². The number of fused-ring (bicyclic) bond motifs is 1. The highest BCUT2D eigenvalue weighted by Gasteiger charge is 2.13. The first-order valence-electron chi connectivity index (χ1n) is 9.06. The molecule has 28 heavy (non-hydrogen) atoms. The number of nitrogens with one attached hydrogen (secondary N) is 1. The molecule has 0 radical (unpaired) electrons. The van der Waals surface area contributed by atoms with Crippen LogP contribution in [-0.4, -0.2) is 33.8 Å². The number of halogens is 1. The Labute approximate surface area is 162 Å². The summed E-state index contributed by atoms with van der Waals surface area (Å²) < 4.78 is 19.3. The van der Waals surface area contributed by atoms with Gasteiger partial charge in [-0.15, -0.1) is 0 Å². The van der Waals surface area contributed by atoms with Gasteiger partial charge in [-0.3, -0.25) is 10.1 Å². The van der Waals surface area contributed by atoms with Gasteiger partial charge < -0.3 is 9.64 Å². The highest BCUT2D eigenvalue weighted by Crippen LogP contribution is 2.31. The molecule has 2 aromatic heterocycles. The molecule has 0 saturated carbocycles. The van der Waals surface area contributed by atoms with Crippen LogP contribution in [0.4, 0.5) is 15.8 Å². The molecule has 0 amide bonds. The fraction of sp³-hybridized carbons (Fsp3) is 0.190. The van der Waals surface area contributed by atoms with E-state index in [0.29, 0.717) is 5.75 Å². The van der Waals surface area contributed by atoms with Crippen molar-refractivity contribution in [3.05, 3.63) is 60.8 Å². The molecule has 0 spiro atoms. The van der Waals surface area contributed by atoms with Gasteiger partial charge in [0.2, 0.25) is 0 Å². The van der Waals surface area contributed by atoms with E-state index in [9.17, 15) is 4.39 Å². The molecule has 2 heterocycles. The van der Waals surface area contributed by atoms with E-state index >= 15 is 0 Å². The first-order chi connectivity index (χ1) is 13.7. The van der Waals surface area contributed by atoms with Crippen LogP contribution in [0.25, 0.3) is 22.3 Å². The molecule has 0 bridgehead atoms. The number of hydrogen-bond donors (Lipinski definition) is 1. The summed E-state index contributed by atoms with van der Waals surface area (Å²) in [6.45, 7) is 2.81. The number of anilines is 2. The lowest BCUT2D eigenvalue weighted by atomic mass is 10.2. The number of methoxy groups -OCH3 is 1. The van der Waals surface area contributed by atoms with E-state index < -0.39 is 0 Å². The predicted octanol–water partition coefficient (Wildman–Crippen LogP) is 4.72. The summed E-state index contributed by atoms with van der Waals surface area (Å²) in [5, 5.41) is 6.75. The molecule has 4 aromatic rings. The van der Waals surface area contributed by atoms with Crippen LogP contribution in [0.5, 0.6) is 5.75 Å². The number of hydrogen-bond acceptors (Lipinski definition) is 5. The molecule has 0 aliphatic rings. The number of aromatic amines is 1. The minimum absolute atomic E-state index is 0.335. The van der Waals surface area contributed by atoms with Crippen molar-refractivity contribution in [2.45, 2.75) is 13.3 Å². The lowest BCUT2D eigenvalue weighted by molar-refractivity contribution is 0.411. The lowest BCUT2D eigenvalue weighted by Crippen LogP contribution is -2.18. The van der Waals surface area contributed by atoms with Crippen LogP contribution in [-0.2, 0) is 0 Å². The molecule has 0 atom stereocenters. The van der Waals surface area contributed by atoms with Gasteiger partial charge in [0.05, 0.1) is 36.2 Å². The van der Waals surface area contributed by atoms with Gasteiger partial charge in [0, 0.05) is 41.8 Å². The second-order valence-electron chi connectivity index (χ2n) is 6.42. The quantitative estimate of drug-likeness (QED) is 0.527. The van der Waals surface area contributed by atoms with Gasteiger partial charge in [0.25, 0.3) is 0 Å². The molecule has 6 nitrogen and oxygen atoms in total. The maximum absolute atomic E-state index is 14.1. The lowest BCUT2D eigenvalue weighted by Gasteiger charge is -2.25. The average Bonchev–Trinajstić information content (AvgIpc) is 3.25. The monoisotopic (exact) mass is 377 g/mol. The largest absolute Gasteiger partial charge is 0.497 e. The van der Waals surface area contributed by atoms with Gasteiger partial charge in [-0.05, 0) is 30.7 Å². The van der Waals surface area contributed by atoms with E-state index in [4.69, 9.17) is 9.72 Å². The molecule has 0 aliphatic heterocycles. The van der Waals surface area contributed by atoms with Crippen LogP contribution in [0.2, 0.25) is 0 Å². The Morgan fingerprint density at radius 3 is 2.71 bits per heavy atom. The van der Waals surface area contributed by atoms with Crippen molar-refractivity contribution in [2.24, 2.45) is 0 Å². The Morgan fingerprint density at radius 2 is 1.96 bits per heavy atom. The number of H-pyrrole nitrogens is 1. The van der Waals surface area contributed by atoms with Gasteiger partial charge in [0.15, 0.2) is 0 Å². The molecule has 0 saturated heterocycles. The van der Waals surface area contributed by atoms with Crippen molar-refractivity contribution in [1.29, 1.82) is 0 Å². The Kier molecular flexibility index (Phi) is 4.89. The van der Waals surface area contributed by atoms with Gasteiger partial charge in [0.1, 0.15) is 11.6 Å². The highest BCUT2D eigenvalue weighted by atomic mass is 19.1. The van der Waals surface area contributed by atoms with E-state index in [-0.39, 0.29) is 5.82 Å². The number of nitrogens with zero attached hydrogens (tertiary/aromatic N) is 4. The van der Waals surface area contributed by atoms with Crippen molar-refractivity contribution in [1.82, 2.24) is 20.2 Å². The zero-order valence-electron chi connectivity index (χ0n) is 15.7. The molecule has 1 N–H and O–H groups in total. The Balaban J connectivity index is 1.79. The van der Waals surface area contributed by atoms with E-state index in [0.717, 1.165) is 46.6 Å². The standard InChI is InChI=1S/C21H20FN5O/c1-3-6-27(17-7-15(22)8-18(9-17)28-2)16-4-5-19-20(10-16)26-21(13-23-19)14-11-24-25-12-14/h4-5,7-13H,3,6H2,1-2H3,(H,24,25). The van der Waals surface area contributed by atoms with Crippen LogP contribution < -0.4 is 9.64 Å². The summed E-state index contributed by atoms with van der Waals surface area (Å²) in [6, 6.07) is 10.6. The SMILES string of the molecule is CCCN(c1cc(F)cc(OC)c1)c1ccc2ncc(-c3cn[nH]c3)nc2c1. The predicted molar refractivity (Wildman–Crippen MR) is 107 cm³/mol. The maximum atomic E-state index is 14.1. The molecular formula is C21H20FN5O. The third-order valence-electron chi connectivity index (χ3n) is 4.48. The zero-order chi connectivity index (χ0) is 19.5. The second kappa shape index (κ2) is 7.64. The molecular weight excluding hydrogens is 357 g/mol. The highest BCUT2D eigenvalue weighted by molar-refractivity contribution is 5.82. The number of rotatable bonds is 6. The number of ether oxygens (including phenoxy) is 1. The fourth-order valence-electron chi connectivity index (χ4n) is 3.15. The molecule has 2 aromatic carbocycles. The van der Waals surface area contributed by atoms with Crippen molar-refractivity contribution >= 4 is 22.4 Å². The summed E-state index contributed by atoms with van der Waals surface area (Å²) in [7, 11) is 1.53. The Morgan fingerprint density at radius 1 is 1.07 bits per heavy atom. The van der Waals surface area contributed by atoms with Crippen LogP contribution in [0.15, 0.2) is 55.0 Å². The molecule has 4 rings (SSSR count). The zero-order valence-corrected chi connectivity index (χ0v) is 15.7. The van der Waals surface area contributed by atoms with Gasteiger partial charge in [-0.1, -0.05) is 6.92 Å². The van der Waals surface area contributed by atoms with Crippen LogP contribution in [0.3, 0.4) is 0 Å². The average molecular weight is 377 g/mol. The van der Waals surface area contributed by atoms with Crippen LogP contribution in [0.1, 0.15) is 13.3 Å². The molecule has 0 fully saturated rings. The summed E-state index contributed by atoms with van der Waals surface area (Å²) in [5.41, 5.74) is 4.83. The topological polar surface area (TPSA) is 66.9 Å². The summed E-state index contributed by atoms with van der Waals surface area (Å²) >= 11 is 0. The van der Waals surface area contributed by atoms with Crippen molar-refractivity contribution in [2.75, 3.05) is 18.6 Å². The Hall–Kier alpha value is -3.48. The normalized spacial score (nSPS) is 11.0. The first kappa shape index (κ1) is 17.9. The summed E-state index contributed by atoms with van der Waals surface area (Å²) in [5.74, 6) is 0.150. The molecule has 7 heteroatoms. The fourth-order valence-corrected chi connectivity index (χ4v) is 3.15. The minimum atomic E-state index is -0.335. The third-order valence-corrected chi connectivity index (χ3v) is 4.48. The number of benzene rings is 2. The third kappa shape index (κ3) is 3.51. The van der Waals surface area contributed by atoms with Gasteiger partial charge in [-0.25, -0.2) is 9.37 Å². The molecule has 0 aliphatic carbocycles. The molecule has 142 valence electrons. The first-order valence-corrected chi connectivity index (χ1v) is 9.06. The van der Waals surface area contributed by atoms with E-state index in [1.54, 1.807) is 18.6 Å². The van der Waals surface area contributed by atoms with Gasteiger partial charge in [-0.2, -0.15) is 5.10 Å². The smallest absolute Gasteiger partial charge is 0.128 e. The van der Waals surface area contributed by atoms with E-state index in [1.807, 2.05) is 24.3 Å². The minimum Gasteiger partial charge on any atom is -0.497 e. The molecule has 0 unspecified atom stereocenters. The Bertz CT molecular complexity index is 1100. The summed E-state index contributed by atoms with van der Waals surface area (Å²) in [6.07, 6.45) is 6.12. The summed E-state index contributed by atoms with van der Waals surface area (Å²) in [4.78, 5) is 11.3. The van der Waals surface area contributed by atoms with Gasteiger partial charge >= 0.3 is 0 Å². The number of aromatic nitrogens is 4.